The second-order valence-electron chi connectivity index (χ2n) is 5.31. The monoisotopic (exact) mass is 324 g/mol. The molecule has 104 valence electrons. The van der Waals surface area contributed by atoms with Crippen LogP contribution in [0.3, 0.4) is 0 Å². The highest BCUT2D eigenvalue weighted by atomic mass is 79.9. The molecule has 1 saturated heterocycles. The number of carbonyl (C=O) groups is 1. The van der Waals surface area contributed by atoms with Gasteiger partial charge in [0.2, 0.25) is 0 Å². The fraction of sp³-hybridized carbons (Fsp3) is 0.533. The molecule has 1 aromatic carbocycles. The fourth-order valence-corrected chi connectivity index (χ4v) is 2.90. The van der Waals surface area contributed by atoms with Gasteiger partial charge in [-0.1, -0.05) is 28.1 Å². The summed E-state index contributed by atoms with van der Waals surface area (Å²) in [6.07, 6.45) is 2.45. The first-order chi connectivity index (χ1) is 9.19. The molecule has 0 spiro atoms. The number of alkyl halides is 1. The number of benzene rings is 1. The molecule has 0 bridgehead atoms. The van der Waals surface area contributed by atoms with Crippen LogP contribution < -0.4 is 5.32 Å². The van der Waals surface area contributed by atoms with Crippen LogP contribution >= 0.6 is 15.9 Å². The molecule has 1 atom stereocenters. The van der Waals surface area contributed by atoms with Gasteiger partial charge in [-0.2, -0.15) is 0 Å². The number of nitrogens with one attached hydrogen (secondary N) is 1. The van der Waals surface area contributed by atoms with Crippen LogP contribution in [0, 0.1) is 5.92 Å². The summed E-state index contributed by atoms with van der Waals surface area (Å²) in [6.45, 7) is 3.05. The molecule has 4 heteroatoms. The number of piperidine rings is 1. The topological polar surface area (TPSA) is 32.3 Å². The Labute approximate surface area is 123 Å². The third kappa shape index (κ3) is 4.32. The van der Waals surface area contributed by atoms with E-state index >= 15 is 0 Å². The third-order valence-corrected chi connectivity index (χ3v) is 4.29. The molecule has 1 amide bonds. The number of halogens is 1. The summed E-state index contributed by atoms with van der Waals surface area (Å²) in [4.78, 5) is 14.4. The van der Waals surface area contributed by atoms with Crippen molar-refractivity contribution >= 4 is 21.8 Å². The second kappa shape index (κ2) is 7.06. The average Bonchev–Trinajstić information content (AvgIpc) is 2.45. The zero-order chi connectivity index (χ0) is 13.7. The van der Waals surface area contributed by atoms with Gasteiger partial charge in [0.25, 0.3) is 5.91 Å². The van der Waals surface area contributed by atoms with Crippen LogP contribution in [0.15, 0.2) is 24.3 Å². The quantitative estimate of drug-likeness (QED) is 0.863. The van der Waals surface area contributed by atoms with Gasteiger partial charge in [0.05, 0.1) is 0 Å². The van der Waals surface area contributed by atoms with Crippen molar-refractivity contribution in [2.24, 2.45) is 5.92 Å². The number of amides is 1. The molecule has 1 aliphatic heterocycles. The molecule has 1 N–H and O–H groups in total. The molecular weight excluding hydrogens is 304 g/mol. The van der Waals surface area contributed by atoms with Crippen molar-refractivity contribution in [2.45, 2.75) is 18.2 Å². The maximum Gasteiger partial charge on any atom is 0.251 e. The van der Waals surface area contributed by atoms with Crippen LogP contribution in [0.5, 0.6) is 0 Å². The van der Waals surface area contributed by atoms with Gasteiger partial charge in [-0.3, -0.25) is 4.79 Å². The van der Waals surface area contributed by atoms with Crippen LogP contribution in [-0.2, 0) is 5.33 Å². The van der Waals surface area contributed by atoms with Crippen molar-refractivity contribution in [1.82, 2.24) is 10.2 Å². The van der Waals surface area contributed by atoms with E-state index in [1.54, 1.807) is 0 Å². The van der Waals surface area contributed by atoms with Gasteiger partial charge in [-0.05, 0) is 50.0 Å². The molecule has 1 heterocycles. The first-order valence-corrected chi connectivity index (χ1v) is 7.93. The predicted molar refractivity (Wildman–Crippen MR) is 81.6 cm³/mol. The molecule has 0 aliphatic carbocycles. The van der Waals surface area contributed by atoms with E-state index in [-0.39, 0.29) is 5.91 Å². The van der Waals surface area contributed by atoms with Gasteiger partial charge in [-0.15, -0.1) is 0 Å². The summed E-state index contributed by atoms with van der Waals surface area (Å²) >= 11 is 3.40. The van der Waals surface area contributed by atoms with E-state index in [1.165, 1.54) is 24.9 Å². The van der Waals surface area contributed by atoms with E-state index in [0.29, 0.717) is 5.92 Å². The summed E-state index contributed by atoms with van der Waals surface area (Å²) in [6, 6.07) is 7.74. The fourth-order valence-electron chi connectivity index (χ4n) is 2.52. The molecule has 1 fully saturated rings. The molecule has 2 rings (SSSR count). The predicted octanol–water partition coefficient (Wildman–Crippen LogP) is 2.65. The minimum Gasteiger partial charge on any atom is -0.352 e. The molecule has 0 saturated carbocycles. The SMILES string of the molecule is CN1CCCC(CNC(=O)c2ccc(CBr)cc2)C1. The Morgan fingerprint density at radius 2 is 2.16 bits per heavy atom. The number of carbonyl (C=O) groups excluding carboxylic acids is 1. The Hall–Kier alpha value is -0.870. The summed E-state index contributed by atoms with van der Waals surface area (Å²) in [5.74, 6) is 0.624. The molecule has 1 aliphatic rings. The second-order valence-corrected chi connectivity index (χ2v) is 5.87. The van der Waals surface area contributed by atoms with Gasteiger partial charge in [0, 0.05) is 24.0 Å². The lowest BCUT2D eigenvalue weighted by molar-refractivity contribution is 0.0937. The minimum absolute atomic E-state index is 0.0364. The van der Waals surface area contributed by atoms with E-state index in [4.69, 9.17) is 0 Å². The molecule has 1 aromatic rings. The summed E-state index contributed by atoms with van der Waals surface area (Å²) in [5.41, 5.74) is 1.93. The van der Waals surface area contributed by atoms with E-state index in [0.717, 1.165) is 24.0 Å². The molecule has 3 nitrogen and oxygen atoms in total. The van der Waals surface area contributed by atoms with Crippen LogP contribution in [0.25, 0.3) is 0 Å². The van der Waals surface area contributed by atoms with Crippen LogP contribution in [0.1, 0.15) is 28.8 Å². The normalized spacial score (nSPS) is 20.2. The van der Waals surface area contributed by atoms with Gasteiger partial charge < -0.3 is 10.2 Å². The van der Waals surface area contributed by atoms with Crippen molar-refractivity contribution < 1.29 is 4.79 Å². The smallest absolute Gasteiger partial charge is 0.251 e. The highest BCUT2D eigenvalue weighted by Crippen LogP contribution is 2.14. The van der Waals surface area contributed by atoms with Gasteiger partial charge in [0.15, 0.2) is 0 Å². The Bertz CT molecular complexity index is 419. The standard InChI is InChI=1S/C15H21BrN2O/c1-18-8-2-3-13(11-18)10-17-15(19)14-6-4-12(9-16)5-7-14/h4-7,13H,2-3,8-11H2,1H3,(H,17,19). The Morgan fingerprint density at radius 1 is 1.42 bits per heavy atom. The Morgan fingerprint density at radius 3 is 2.79 bits per heavy atom. The van der Waals surface area contributed by atoms with Gasteiger partial charge in [0.1, 0.15) is 0 Å². The van der Waals surface area contributed by atoms with E-state index in [1.807, 2.05) is 24.3 Å². The molecular formula is C15H21BrN2O. The first-order valence-electron chi connectivity index (χ1n) is 6.80. The highest BCUT2D eigenvalue weighted by Gasteiger charge is 2.17. The first kappa shape index (κ1) is 14.5. The summed E-state index contributed by atoms with van der Waals surface area (Å²) in [5, 5.41) is 3.87. The van der Waals surface area contributed by atoms with Crippen molar-refractivity contribution in [1.29, 1.82) is 0 Å². The number of hydrogen-bond acceptors (Lipinski definition) is 2. The van der Waals surface area contributed by atoms with Gasteiger partial charge in [-0.25, -0.2) is 0 Å². The minimum atomic E-state index is 0.0364. The van der Waals surface area contributed by atoms with Crippen molar-refractivity contribution in [3.05, 3.63) is 35.4 Å². The zero-order valence-corrected chi connectivity index (χ0v) is 12.9. The van der Waals surface area contributed by atoms with E-state index < -0.39 is 0 Å². The molecule has 1 unspecified atom stereocenters. The lowest BCUT2D eigenvalue weighted by Gasteiger charge is -2.29. The van der Waals surface area contributed by atoms with Crippen LogP contribution in [0.2, 0.25) is 0 Å². The van der Waals surface area contributed by atoms with Crippen LogP contribution in [-0.4, -0.2) is 37.5 Å². The summed E-state index contributed by atoms with van der Waals surface area (Å²) < 4.78 is 0. The van der Waals surface area contributed by atoms with Crippen molar-refractivity contribution in [3.63, 3.8) is 0 Å². The van der Waals surface area contributed by atoms with Gasteiger partial charge >= 0.3 is 0 Å². The van der Waals surface area contributed by atoms with Crippen molar-refractivity contribution in [3.8, 4) is 0 Å². The highest BCUT2D eigenvalue weighted by molar-refractivity contribution is 9.08. The molecule has 0 aromatic heterocycles. The molecule has 0 radical (unpaired) electrons. The lowest BCUT2D eigenvalue weighted by Crippen LogP contribution is -2.39. The van der Waals surface area contributed by atoms with Crippen molar-refractivity contribution in [2.75, 3.05) is 26.7 Å². The Balaban J connectivity index is 1.83. The molecule has 19 heavy (non-hydrogen) atoms. The average molecular weight is 325 g/mol. The largest absolute Gasteiger partial charge is 0.352 e. The summed E-state index contributed by atoms with van der Waals surface area (Å²) in [7, 11) is 2.15. The van der Waals surface area contributed by atoms with E-state index in [2.05, 4.69) is 33.2 Å². The Kier molecular flexibility index (Phi) is 5.40. The number of likely N-dealkylation sites (tertiary alicyclic amines) is 1. The maximum atomic E-state index is 12.0. The lowest BCUT2D eigenvalue weighted by atomic mass is 9.98. The van der Waals surface area contributed by atoms with Crippen LogP contribution in [0.4, 0.5) is 0 Å². The maximum absolute atomic E-state index is 12.0. The zero-order valence-electron chi connectivity index (χ0n) is 11.4. The number of rotatable bonds is 4. The third-order valence-electron chi connectivity index (χ3n) is 3.64. The van der Waals surface area contributed by atoms with E-state index in [9.17, 15) is 4.79 Å². The number of nitrogens with zero attached hydrogens (tertiary/aromatic N) is 1. The number of hydrogen-bond donors (Lipinski definition) is 1.